The van der Waals surface area contributed by atoms with Gasteiger partial charge in [-0.25, -0.2) is 0 Å². The molecular formula is C15H12N4O4. The van der Waals surface area contributed by atoms with Gasteiger partial charge in [0.1, 0.15) is 11.8 Å². The van der Waals surface area contributed by atoms with Crippen LogP contribution in [0, 0.1) is 45.4 Å². The summed E-state index contributed by atoms with van der Waals surface area (Å²) in [7, 11) is 0. The normalized spacial score (nSPS) is 9.96. The Morgan fingerprint density at radius 3 is 2.39 bits per heavy atom. The molecule has 0 aliphatic carbocycles. The van der Waals surface area contributed by atoms with Gasteiger partial charge in [-0.15, -0.1) is 0 Å². The molecule has 0 unspecified atom stereocenters. The molecule has 0 saturated heterocycles. The van der Waals surface area contributed by atoms with Gasteiger partial charge in [0.2, 0.25) is 0 Å². The van der Waals surface area contributed by atoms with E-state index in [1.54, 1.807) is 18.2 Å². The van der Waals surface area contributed by atoms with Crippen molar-refractivity contribution in [2.45, 2.75) is 13.8 Å². The number of non-ortho nitro benzene ring substituents is 1. The third-order valence-electron chi connectivity index (χ3n) is 3.49. The topological polar surface area (TPSA) is 122 Å². The van der Waals surface area contributed by atoms with Crippen LogP contribution in [0.25, 0.3) is 0 Å². The molecule has 0 amide bonds. The summed E-state index contributed by atoms with van der Waals surface area (Å²) >= 11 is 0. The van der Waals surface area contributed by atoms with Gasteiger partial charge in [0, 0.05) is 11.8 Å². The zero-order valence-electron chi connectivity index (χ0n) is 12.4. The van der Waals surface area contributed by atoms with E-state index in [0.29, 0.717) is 5.69 Å². The van der Waals surface area contributed by atoms with Crippen LogP contribution >= 0.6 is 0 Å². The number of hydrogen-bond acceptors (Lipinski definition) is 6. The fourth-order valence-electron chi connectivity index (χ4n) is 2.10. The van der Waals surface area contributed by atoms with E-state index in [9.17, 15) is 25.5 Å². The van der Waals surface area contributed by atoms with Crippen LogP contribution in [-0.4, -0.2) is 9.85 Å². The van der Waals surface area contributed by atoms with Gasteiger partial charge >= 0.3 is 5.69 Å². The number of hydrogen-bond donors (Lipinski definition) is 1. The zero-order chi connectivity index (χ0) is 17.1. The van der Waals surface area contributed by atoms with E-state index in [0.717, 1.165) is 23.3 Å². The van der Waals surface area contributed by atoms with E-state index in [-0.39, 0.29) is 11.3 Å². The number of anilines is 2. The first-order valence-corrected chi connectivity index (χ1v) is 6.55. The summed E-state index contributed by atoms with van der Waals surface area (Å²) < 4.78 is 0. The van der Waals surface area contributed by atoms with Crippen molar-refractivity contribution in [3.05, 3.63) is 67.3 Å². The monoisotopic (exact) mass is 312 g/mol. The lowest BCUT2D eigenvalue weighted by Gasteiger charge is -2.12. The molecule has 116 valence electrons. The van der Waals surface area contributed by atoms with E-state index in [4.69, 9.17) is 0 Å². The van der Waals surface area contributed by atoms with Crippen molar-refractivity contribution in [1.29, 1.82) is 5.26 Å². The number of nitriles is 1. The zero-order valence-corrected chi connectivity index (χ0v) is 12.4. The van der Waals surface area contributed by atoms with Crippen molar-refractivity contribution in [3.8, 4) is 6.07 Å². The number of benzene rings is 2. The quantitative estimate of drug-likeness (QED) is 0.677. The molecule has 0 radical (unpaired) electrons. The number of rotatable bonds is 4. The molecule has 0 aliphatic rings. The van der Waals surface area contributed by atoms with Crippen molar-refractivity contribution in [3.63, 3.8) is 0 Å². The summed E-state index contributed by atoms with van der Waals surface area (Å²) in [6.45, 7) is 3.72. The second kappa shape index (κ2) is 6.11. The third kappa shape index (κ3) is 3.08. The molecule has 23 heavy (non-hydrogen) atoms. The Kier molecular flexibility index (Phi) is 4.23. The number of aryl methyl sites for hydroxylation is 1. The van der Waals surface area contributed by atoms with Crippen LogP contribution in [-0.2, 0) is 0 Å². The molecule has 0 spiro atoms. The van der Waals surface area contributed by atoms with Crippen LogP contribution in [0.4, 0.5) is 22.7 Å². The fraction of sp³-hybridized carbons (Fsp3) is 0.133. The first-order chi connectivity index (χ1) is 10.8. The van der Waals surface area contributed by atoms with E-state index in [1.165, 1.54) is 0 Å². The molecule has 0 bridgehead atoms. The van der Waals surface area contributed by atoms with Crippen molar-refractivity contribution >= 4 is 22.7 Å². The number of nitro benzene ring substituents is 2. The molecule has 8 nitrogen and oxygen atoms in total. The standard InChI is InChI=1S/C15H12N4O4/c1-9-4-3-5-13(10(9)2)17-15-11(8-16)6-12(18(20)21)7-14(15)19(22)23/h3-7,17H,1-2H3. The molecule has 2 aromatic carbocycles. The molecule has 0 fully saturated rings. The lowest BCUT2D eigenvalue weighted by atomic mass is 10.1. The Morgan fingerprint density at radius 2 is 1.83 bits per heavy atom. The smallest absolute Gasteiger partial charge is 0.300 e. The first kappa shape index (κ1) is 15.9. The van der Waals surface area contributed by atoms with Crippen LogP contribution in [0.5, 0.6) is 0 Å². The summed E-state index contributed by atoms with van der Waals surface area (Å²) in [6, 6.07) is 9.00. The van der Waals surface area contributed by atoms with E-state index >= 15 is 0 Å². The fourth-order valence-corrected chi connectivity index (χ4v) is 2.10. The minimum atomic E-state index is -0.768. The summed E-state index contributed by atoms with van der Waals surface area (Å²) in [5, 5.41) is 34.2. The summed E-state index contributed by atoms with van der Waals surface area (Å²) in [4.78, 5) is 20.6. The molecular weight excluding hydrogens is 300 g/mol. The maximum absolute atomic E-state index is 11.2. The Morgan fingerprint density at radius 1 is 1.13 bits per heavy atom. The second-order valence-electron chi connectivity index (χ2n) is 4.89. The van der Waals surface area contributed by atoms with Crippen LogP contribution < -0.4 is 5.32 Å². The first-order valence-electron chi connectivity index (χ1n) is 6.55. The SMILES string of the molecule is Cc1cccc(Nc2c(C#N)cc([N+](=O)[O-])cc2[N+](=O)[O-])c1C. The highest BCUT2D eigenvalue weighted by Crippen LogP contribution is 2.36. The van der Waals surface area contributed by atoms with Gasteiger partial charge in [-0.05, 0) is 31.0 Å². The summed E-state index contributed by atoms with van der Waals surface area (Å²) in [6.07, 6.45) is 0. The predicted molar refractivity (Wildman–Crippen MR) is 83.7 cm³/mol. The highest BCUT2D eigenvalue weighted by Gasteiger charge is 2.24. The molecule has 0 heterocycles. The highest BCUT2D eigenvalue weighted by molar-refractivity contribution is 5.79. The van der Waals surface area contributed by atoms with Crippen LogP contribution in [0.1, 0.15) is 16.7 Å². The van der Waals surface area contributed by atoms with Crippen LogP contribution in [0.15, 0.2) is 30.3 Å². The van der Waals surface area contributed by atoms with Crippen molar-refractivity contribution in [2.75, 3.05) is 5.32 Å². The third-order valence-corrected chi connectivity index (χ3v) is 3.49. The second-order valence-corrected chi connectivity index (χ2v) is 4.89. The molecule has 2 rings (SSSR count). The highest BCUT2D eigenvalue weighted by atomic mass is 16.6. The van der Waals surface area contributed by atoms with Crippen molar-refractivity contribution < 1.29 is 9.85 Å². The summed E-state index contributed by atoms with van der Waals surface area (Å²) in [5.41, 5.74) is 1.19. The lowest BCUT2D eigenvalue weighted by molar-refractivity contribution is -0.393. The molecule has 1 N–H and O–H groups in total. The summed E-state index contributed by atoms with van der Waals surface area (Å²) in [5.74, 6) is 0. The Labute approximate surface area is 131 Å². The van der Waals surface area contributed by atoms with Crippen molar-refractivity contribution in [1.82, 2.24) is 0 Å². The van der Waals surface area contributed by atoms with Gasteiger partial charge in [-0.1, -0.05) is 12.1 Å². The maximum atomic E-state index is 11.2. The molecule has 2 aromatic rings. The van der Waals surface area contributed by atoms with Gasteiger partial charge in [0.05, 0.1) is 21.5 Å². The molecule has 0 aromatic heterocycles. The number of nitrogens with zero attached hydrogens (tertiary/aromatic N) is 3. The van der Waals surface area contributed by atoms with Crippen LogP contribution in [0.2, 0.25) is 0 Å². The molecule has 8 heteroatoms. The van der Waals surface area contributed by atoms with E-state index in [1.807, 2.05) is 19.9 Å². The maximum Gasteiger partial charge on any atom is 0.300 e. The largest absolute Gasteiger partial charge is 0.349 e. The Bertz CT molecular complexity index is 855. The number of nitro groups is 2. The van der Waals surface area contributed by atoms with E-state index < -0.39 is 21.2 Å². The minimum absolute atomic E-state index is 0.0585. The van der Waals surface area contributed by atoms with Gasteiger partial charge in [0.15, 0.2) is 0 Å². The Balaban J connectivity index is 2.65. The van der Waals surface area contributed by atoms with Crippen LogP contribution in [0.3, 0.4) is 0 Å². The van der Waals surface area contributed by atoms with E-state index in [2.05, 4.69) is 5.32 Å². The predicted octanol–water partition coefficient (Wildman–Crippen LogP) is 3.74. The average Bonchev–Trinajstić information content (AvgIpc) is 2.51. The molecule has 0 atom stereocenters. The molecule has 0 saturated carbocycles. The molecule has 0 aliphatic heterocycles. The lowest BCUT2D eigenvalue weighted by Crippen LogP contribution is -2.03. The van der Waals surface area contributed by atoms with Gasteiger partial charge < -0.3 is 5.32 Å². The minimum Gasteiger partial charge on any atom is -0.349 e. The number of nitrogens with one attached hydrogen (secondary N) is 1. The average molecular weight is 312 g/mol. The van der Waals surface area contributed by atoms with Gasteiger partial charge in [-0.2, -0.15) is 5.26 Å². The van der Waals surface area contributed by atoms with Crippen molar-refractivity contribution in [2.24, 2.45) is 0 Å². The van der Waals surface area contributed by atoms with Gasteiger partial charge in [0.25, 0.3) is 5.69 Å². The van der Waals surface area contributed by atoms with Gasteiger partial charge in [-0.3, -0.25) is 20.2 Å². The Hall–Kier alpha value is -3.47.